The van der Waals surface area contributed by atoms with Crippen molar-refractivity contribution in [3.05, 3.63) is 131 Å². The van der Waals surface area contributed by atoms with Gasteiger partial charge in [0.2, 0.25) is 11.9 Å². The summed E-state index contributed by atoms with van der Waals surface area (Å²) < 4.78 is 81.5. The number of aryl methyl sites for hydroxylation is 1. The zero-order valence-corrected chi connectivity index (χ0v) is 39.8. The number of methoxy groups -OCH3 is 2. The molecule has 7 aromatic rings. The van der Waals surface area contributed by atoms with Crippen LogP contribution in [0.3, 0.4) is 0 Å². The number of hydrogen-bond acceptors (Lipinski definition) is 14. The highest BCUT2D eigenvalue weighted by molar-refractivity contribution is 7.46. The van der Waals surface area contributed by atoms with E-state index in [2.05, 4.69) is 35.2 Å². The topological polar surface area (TPSA) is 201 Å². The number of carbonyl (C=O) groups excluding carboxylic acids is 1. The first-order chi connectivity index (χ1) is 33.3. The van der Waals surface area contributed by atoms with Gasteiger partial charge in [-0.05, 0) is 54.3 Å². The van der Waals surface area contributed by atoms with Crippen LogP contribution in [-0.4, -0.2) is 109 Å². The number of nitrogens with one attached hydrogen (secondary N) is 2. The van der Waals surface area contributed by atoms with E-state index in [9.17, 15) is 9.59 Å². The van der Waals surface area contributed by atoms with E-state index in [0.29, 0.717) is 51.5 Å². The van der Waals surface area contributed by atoms with E-state index in [-0.39, 0.29) is 23.7 Å². The van der Waals surface area contributed by atoms with Gasteiger partial charge in [-0.1, -0.05) is 75.4 Å². The van der Waals surface area contributed by atoms with Crippen LogP contribution in [0.4, 0.5) is 14.7 Å². The molecule has 6 heterocycles. The third-order valence-corrected chi connectivity index (χ3v) is 13.5. The third-order valence-electron chi connectivity index (χ3n) is 12.4. The molecular weight excluding hydrogens is 916 g/mol. The number of H-pyrrole nitrogens is 1. The molecule has 9 rings (SSSR count). The maximum absolute atomic E-state index is 18.1. The zero-order chi connectivity index (χ0) is 48.6. The number of benzene rings is 3. The van der Waals surface area contributed by atoms with Gasteiger partial charge in [0, 0.05) is 12.6 Å². The average molecular weight is 968 g/mol. The summed E-state index contributed by atoms with van der Waals surface area (Å²) >= 11 is 0. The van der Waals surface area contributed by atoms with Gasteiger partial charge < -0.3 is 32.7 Å². The smallest absolute Gasteiger partial charge is 0.280 e. The second kappa shape index (κ2) is 20.0. The van der Waals surface area contributed by atoms with Crippen molar-refractivity contribution in [3.8, 4) is 11.5 Å². The van der Waals surface area contributed by atoms with Crippen LogP contribution in [0.25, 0.3) is 22.3 Å². The summed E-state index contributed by atoms with van der Waals surface area (Å²) in [5, 5.41) is 2.60. The van der Waals surface area contributed by atoms with Gasteiger partial charge >= 0.3 is 0 Å². The number of carbonyl (C=O) groups is 1. The number of fused-ring (bicyclic) bond motifs is 2. The Labute approximate surface area is 396 Å². The molecule has 0 radical (unpaired) electrons. The van der Waals surface area contributed by atoms with E-state index in [1.165, 1.54) is 23.5 Å². The van der Waals surface area contributed by atoms with Crippen LogP contribution in [0.1, 0.15) is 62.0 Å². The predicted octanol–water partition coefficient (Wildman–Crippen LogP) is 7.48. The highest BCUT2D eigenvalue weighted by atomic mass is 31.2. The summed E-state index contributed by atoms with van der Waals surface area (Å²) in [6.45, 7) is 8.44. The molecule has 69 heavy (non-hydrogen) atoms. The molecule has 0 spiro atoms. The number of alkyl halides is 2. The van der Waals surface area contributed by atoms with Gasteiger partial charge in [-0.25, -0.2) is 28.7 Å². The summed E-state index contributed by atoms with van der Waals surface area (Å²) in [6, 6.07) is 24.0. The van der Waals surface area contributed by atoms with Crippen molar-refractivity contribution >= 4 is 42.6 Å². The number of aromatic amines is 1. The summed E-state index contributed by atoms with van der Waals surface area (Å²) in [5.41, 5.74) is 1.20. The number of anilines is 1. The Kier molecular flexibility index (Phi) is 13.8. The van der Waals surface area contributed by atoms with E-state index in [4.69, 9.17) is 32.7 Å². The SMILES string of the molecule is CC[C@H]1O[C@@H](n2cnc3c(C)ncnc32)[C@@H](F)C1OP(C)OC[C@H]1O[C@@H](n2cnc3c(=O)[nH]c(NC(=O)C(C)C)nc32)[C@@H](F)C1OC(c1ccccc1)(c1ccc(OC)cc1)c1ccc(OC)cc1. The molecule has 3 unspecified atom stereocenters. The van der Waals surface area contributed by atoms with Crippen molar-refractivity contribution in [1.29, 1.82) is 0 Å². The molecule has 2 N–H and O–H groups in total. The summed E-state index contributed by atoms with van der Waals surface area (Å²) in [5.74, 6) is 0.202. The van der Waals surface area contributed by atoms with Crippen molar-refractivity contribution < 1.29 is 46.3 Å². The number of halogens is 2. The molecule has 4 aromatic heterocycles. The first-order valence-electron chi connectivity index (χ1n) is 22.4. The summed E-state index contributed by atoms with van der Waals surface area (Å²) in [6.07, 6.45) is -5.92. The van der Waals surface area contributed by atoms with Crippen molar-refractivity contribution in [2.24, 2.45) is 5.92 Å². The highest BCUT2D eigenvalue weighted by Crippen LogP contribution is 2.49. The fraction of sp³-hybridized carbons (Fsp3) is 0.396. The number of aromatic nitrogens is 8. The number of hydrogen-bond donors (Lipinski definition) is 2. The molecule has 2 saturated heterocycles. The van der Waals surface area contributed by atoms with E-state index in [1.807, 2.05) is 61.5 Å². The molecule has 0 saturated carbocycles. The van der Waals surface area contributed by atoms with Crippen molar-refractivity contribution in [1.82, 2.24) is 39.0 Å². The van der Waals surface area contributed by atoms with Crippen molar-refractivity contribution in [2.45, 2.75) is 88.9 Å². The maximum atomic E-state index is 18.1. The molecule has 3 aromatic carbocycles. The van der Waals surface area contributed by atoms with Gasteiger partial charge in [-0.15, -0.1) is 0 Å². The summed E-state index contributed by atoms with van der Waals surface area (Å²) in [4.78, 5) is 50.2. The van der Waals surface area contributed by atoms with E-state index in [1.54, 1.807) is 70.5 Å². The molecule has 0 aliphatic carbocycles. The molecule has 2 aliphatic rings. The lowest BCUT2D eigenvalue weighted by Crippen LogP contribution is -2.44. The normalized spacial score (nSPS) is 23.2. The molecule has 18 nitrogen and oxygen atoms in total. The molecular formula is C48H52F2N9O9P. The van der Waals surface area contributed by atoms with Crippen LogP contribution in [-0.2, 0) is 33.7 Å². The van der Waals surface area contributed by atoms with Crippen LogP contribution >= 0.6 is 8.38 Å². The standard InChI is InChI=1S/C48H52F2N9O9P/c1-8-33-40(36(50)46(65-33)58-24-53-37-27(4)51-23-52-41(37)58)68-69(7)64-22-34-39(35(49)45(66-34)59-25-54-38-42(59)55-47(57-44(38)61)56-43(60)26(2)3)67-48(28-12-10-9-11-13-28,29-14-18-31(62-5)19-15-29)30-16-20-32(63-6)21-17-30/h9-21,23-26,33-36,39-40,45-46H,8,22H2,1-7H3,(H2,55,56,57,60,61)/t33-,34-,35+,36+,39?,40?,45-,46-,69?/m1/s1. The Morgan fingerprint density at radius 3 is 2.00 bits per heavy atom. The van der Waals surface area contributed by atoms with Crippen LogP contribution < -0.4 is 20.3 Å². The van der Waals surface area contributed by atoms with Crippen LogP contribution in [0.15, 0.2) is 103 Å². The van der Waals surface area contributed by atoms with E-state index in [0.717, 1.165) is 0 Å². The first-order valence-corrected chi connectivity index (χ1v) is 24.0. The quantitative estimate of drug-likeness (QED) is 0.0672. The first kappa shape index (κ1) is 47.8. The van der Waals surface area contributed by atoms with Crippen LogP contribution in [0.2, 0.25) is 0 Å². The Balaban J connectivity index is 1.08. The minimum atomic E-state index is -1.98. The lowest BCUT2D eigenvalue weighted by atomic mass is 9.79. The Morgan fingerprint density at radius 1 is 0.812 bits per heavy atom. The Bertz CT molecular complexity index is 2910. The molecule has 362 valence electrons. The lowest BCUT2D eigenvalue weighted by Gasteiger charge is -2.39. The van der Waals surface area contributed by atoms with Crippen LogP contribution in [0.5, 0.6) is 11.5 Å². The number of nitrogens with zero attached hydrogens (tertiary/aromatic N) is 7. The molecule has 9 atom stereocenters. The minimum Gasteiger partial charge on any atom is -0.497 e. The molecule has 1 amide bonds. The van der Waals surface area contributed by atoms with Gasteiger partial charge in [0.15, 0.2) is 50.0 Å². The number of imidazole rings is 2. The molecule has 0 bridgehead atoms. The van der Waals surface area contributed by atoms with Gasteiger partial charge in [-0.3, -0.25) is 29.0 Å². The van der Waals surface area contributed by atoms with E-state index >= 15 is 8.78 Å². The molecule has 2 fully saturated rings. The van der Waals surface area contributed by atoms with E-state index < -0.39 is 80.6 Å². The fourth-order valence-corrected chi connectivity index (χ4v) is 9.78. The zero-order valence-electron chi connectivity index (χ0n) is 38.9. The average Bonchev–Trinajstić information content (AvgIpc) is 4.14. The highest BCUT2D eigenvalue weighted by Gasteiger charge is 2.53. The van der Waals surface area contributed by atoms with Crippen molar-refractivity contribution in [2.75, 3.05) is 32.8 Å². The number of rotatable bonds is 17. The predicted molar refractivity (Wildman–Crippen MR) is 250 cm³/mol. The molecule has 2 aliphatic heterocycles. The van der Waals surface area contributed by atoms with Crippen molar-refractivity contribution in [3.63, 3.8) is 0 Å². The summed E-state index contributed by atoms with van der Waals surface area (Å²) in [7, 11) is 1.25. The second-order valence-corrected chi connectivity index (χ2v) is 18.3. The second-order valence-electron chi connectivity index (χ2n) is 17.0. The molecule has 21 heteroatoms. The monoisotopic (exact) mass is 967 g/mol. The Morgan fingerprint density at radius 2 is 1.39 bits per heavy atom. The maximum Gasteiger partial charge on any atom is 0.280 e. The number of amides is 1. The Hall–Kier alpha value is -6.28. The largest absolute Gasteiger partial charge is 0.497 e. The number of ether oxygens (including phenoxy) is 5. The van der Waals surface area contributed by atoms with Gasteiger partial charge in [0.1, 0.15) is 47.3 Å². The lowest BCUT2D eigenvalue weighted by molar-refractivity contribution is -0.118. The van der Waals surface area contributed by atoms with Crippen LogP contribution in [0, 0.1) is 12.8 Å². The third kappa shape index (κ3) is 9.08. The van der Waals surface area contributed by atoms with Gasteiger partial charge in [0.25, 0.3) is 5.56 Å². The van der Waals surface area contributed by atoms with Gasteiger partial charge in [-0.2, -0.15) is 4.98 Å². The van der Waals surface area contributed by atoms with Gasteiger partial charge in [0.05, 0.1) is 45.3 Å². The fourth-order valence-electron chi connectivity index (χ4n) is 8.77. The minimum absolute atomic E-state index is 0.0471.